The van der Waals surface area contributed by atoms with E-state index in [1.807, 2.05) is 31.2 Å². The highest BCUT2D eigenvalue weighted by molar-refractivity contribution is 6.30. The molecule has 0 aliphatic heterocycles. The molecule has 1 unspecified atom stereocenters. The first-order chi connectivity index (χ1) is 16.3. The number of nitrogens with zero attached hydrogens (tertiary/aromatic N) is 1. The van der Waals surface area contributed by atoms with E-state index in [9.17, 15) is 19.7 Å². The monoisotopic (exact) mass is 479 g/mol. The molecule has 34 heavy (non-hydrogen) atoms. The fourth-order valence-corrected chi connectivity index (χ4v) is 3.50. The SMILES string of the molecule is CC(NC(=O)c1ccc(Oc2ccc(Cl)cc2[N+](=O)[O-])cc1)c1ccc(NC(=O)C2CC2)cc1. The number of benzene rings is 3. The lowest BCUT2D eigenvalue weighted by atomic mass is 10.1. The number of anilines is 1. The summed E-state index contributed by atoms with van der Waals surface area (Å²) in [6.45, 7) is 1.87. The second kappa shape index (κ2) is 9.93. The zero-order valence-corrected chi connectivity index (χ0v) is 19.0. The van der Waals surface area contributed by atoms with Gasteiger partial charge in [0.2, 0.25) is 11.7 Å². The number of carbonyl (C=O) groups excluding carboxylic acids is 2. The van der Waals surface area contributed by atoms with E-state index < -0.39 is 4.92 Å². The molecule has 0 saturated heterocycles. The molecule has 9 heteroatoms. The Morgan fingerprint density at radius 1 is 1.06 bits per heavy atom. The van der Waals surface area contributed by atoms with Crippen molar-refractivity contribution in [2.24, 2.45) is 5.92 Å². The molecule has 0 aromatic heterocycles. The van der Waals surface area contributed by atoms with Crippen molar-refractivity contribution < 1.29 is 19.2 Å². The first-order valence-electron chi connectivity index (χ1n) is 10.7. The van der Waals surface area contributed by atoms with Gasteiger partial charge in [0.1, 0.15) is 5.75 Å². The van der Waals surface area contributed by atoms with E-state index in [0.717, 1.165) is 24.1 Å². The molecule has 1 fully saturated rings. The number of carbonyl (C=O) groups is 2. The zero-order valence-electron chi connectivity index (χ0n) is 18.3. The number of rotatable bonds is 8. The highest BCUT2D eigenvalue weighted by Crippen LogP contribution is 2.34. The van der Waals surface area contributed by atoms with Crippen LogP contribution in [0.5, 0.6) is 11.5 Å². The molecule has 1 saturated carbocycles. The van der Waals surface area contributed by atoms with Crippen LogP contribution in [-0.4, -0.2) is 16.7 Å². The molecule has 174 valence electrons. The van der Waals surface area contributed by atoms with Crippen molar-refractivity contribution in [2.75, 3.05) is 5.32 Å². The lowest BCUT2D eigenvalue weighted by Gasteiger charge is -2.15. The fraction of sp³-hybridized carbons (Fsp3) is 0.200. The van der Waals surface area contributed by atoms with Crippen LogP contribution >= 0.6 is 11.6 Å². The van der Waals surface area contributed by atoms with Gasteiger partial charge in [0.25, 0.3) is 5.91 Å². The number of nitro groups is 1. The highest BCUT2D eigenvalue weighted by Gasteiger charge is 2.29. The molecule has 4 rings (SSSR count). The summed E-state index contributed by atoms with van der Waals surface area (Å²) in [6.07, 6.45) is 1.89. The Labute approximate surface area is 201 Å². The van der Waals surface area contributed by atoms with Gasteiger partial charge in [0.15, 0.2) is 0 Å². The van der Waals surface area contributed by atoms with Crippen molar-refractivity contribution in [3.05, 3.63) is 93.0 Å². The molecule has 3 aromatic rings. The summed E-state index contributed by atoms with van der Waals surface area (Å²) in [6, 6.07) is 17.5. The fourth-order valence-electron chi connectivity index (χ4n) is 3.33. The average Bonchev–Trinajstić information content (AvgIpc) is 3.66. The summed E-state index contributed by atoms with van der Waals surface area (Å²) in [5, 5.41) is 17.3. The molecular formula is C25H22ClN3O5. The summed E-state index contributed by atoms with van der Waals surface area (Å²) in [4.78, 5) is 35.2. The van der Waals surface area contributed by atoms with Gasteiger partial charge in [-0.2, -0.15) is 0 Å². The predicted octanol–water partition coefficient (Wildman–Crippen LogP) is 5.88. The smallest absolute Gasteiger partial charge is 0.313 e. The molecular weight excluding hydrogens is 458 g/mol. The number of ether oxygens (including phenoxy) is 1. The van der Waals surface area contributed by atoms with Crippen molar-refractivity contribution in [3.8, 4) is 11.5 Å². The van der Waals surface area contributed by atoms with Crippen LogP contribution in [0.25, 0.3) is 0 Å². The predicted molar refractivity (Wildman–Crippen MR) is 128 cm³/mol. The van der Waals surface area contributed by atoms with Crippen LogP contribution in [0, 0.1) is 16.0 Å². The summed E-state index contributed by atoms with van der Waals surface area (Å²) in [5.41, 5.74) is 1.79. The number of nitrogens with one attached hydrogen (secondary N) is 2. The van der Waals surface area contributed by atoms with Gasteiger partial charge in [-0.15, -0.1) is 0 Å². The van der Waals surface area contributed by atoms with Crippen molar-refractivity contribution in [3.63, 3.8) is 0 Å². The minimum Gasteiger partial charge on any atom is -0.450 e. The van der Waals surface area contributed by atoms with Crippen LogP contribution in [0.15, 0.2) is 66.7 Å². The summed E-state index contributed by atoms with van der Waals surface area (Å²) in [5.74, 6) is 0.307. The van der Waals surface area contributed by atoms with Crippen LogP contribution in [-0.2, 0) is 4.79 Å². The molecule has 1 atom stereocenters. The van der Waals surface area contributed by atoms with Crippen molar-refractivity contribution in [1.82, 2.24) is 5.32 Å². The maximum atomic E-state index is 12.7. The van der Waals surface area contributed by atoms with Gasteiger partial charge in [0, 0.05) is 28.3 Å². The Morgan fingerprint density at radius 2 is 1.74 bits per heavy atom. The van der Waals surface area contributed by atoms with Crippen LogP contribution < -0.4 is 15.4 Å². The molecule has 3 aromatic carbocycles. The van der Waals surface area contributed by atoms with E-state index in [0.29, 0.717) is 11.3 Å². The molecule has 0 heterocycles. The second-order valence-corrected chi connectivity index (χ2v) is 8.51. The molecule has 0 spiro atoms. The molecule has 1 aliphatic rings. The lowest BCUT2D eigenvalue weighted by molar-refractivity contribution is -0.385. The van der Waals surface area contributed by atoms with Gasteiger partial charge in [-0.3, -0.25) is 19.7 Å². The third kappa shape index (κ3) is 5.71. The van der Waals surface area contributed by atoms with Crippen LogP contribution in [0.4, 0.5) is 11.4 Å². The number of halogens is 1. The van der Waals surface area contributed by atoms with E-state index in [-0.39, 0.29) is 40.2 Å². The standard InChI is InChI=1S/C25H22ClN3O5/c1-15(16-4-9-20(10-5-16)28-25(31)17-2-3-17)27-24(30)18-6-11-21(12-7-18)34-23-13-8-19(26)14-22(23)29(32)33/h4-15,17H,2-3H2,1H3,(H,27,30)(H,28,31). The minimum absolute atomic E-state index is 0.0483. The van der Waals surface area contributed by atoms with E-state index in [2.05, 4.69) is 10.6 Å². The van der Waals surface area contributed by atoms with Gasteiger partial charge in [-0.1, -0.05) is 23.7 Å². The average molecular weight is 480 g/mol. The van der Waals surface area contributed by atoms with Gasteiger partial charge in [-0.05, 0) is 73.9 Å². The Balaban J connectivity index is 1.36. The Kier molecular flexibility index (Phi) is 6.79. The zero-order chi connectivity index (χ0) is 24.2. The second-order valence-electron chi connectivity index (χ2n) is 8.08. The third-order valence-electron chi connectivity index (χ3n) is 5.44. The van der Waals surface area contributed by atoms with E-state index in [1.165, 1.54) is 18.2 Å². The first kappa shape index (κ1) is 23.3. The lowest BCUT2D eigenvalue weighted by Crippen LogP contribution is -2.26. The van der Waals surface area contributed by atoms with Crippen LogP contribution in [0.2, 0.25) is 5.02 Å². The number of hydrogen-bond donors (Lipinski definition) is 2. The van der Waals surface area contributed by atoms with E-state index in [1.54, 1.807) is 24.3 Å². The van der Waals surface area contributed by atoms with Gasteiger partial charge in [0.05, 0.1) is 11.0 Å². The van der Waals surface area contributed by atoms with Crippen LogP contribution in [0.3, 0.4) is 0 Å². The number of amides is 2. The Morgan fingerprint density at radius 3 is 2.35 bits per heavy atom. The normalized spacial score (nSPS) is 13.6. The molecule has 0 bridgehead atoms. The van der Waals surface area contributed by atoms with E-state index in [4.69, 9.17) is 16.3 Å². The van der Waals surface area contributed by atoms with Gasteiger partial charge < -0.3 is 15.4 Å². The molecule has 1 aliphatic carbocycles. The van der Waals surface area contributed by atoms with Crippen molar-refractivity contribution in [2.45, 2.75) is 25.8 Å². The van der Waals surface area contributed by atoms with Gasteiger partial charge in [-0.25, -0.2) is 0 Å². The first-order valence-corrected chi connectivity index (χ1v) is 11.1. The Bertz CT molecular complexity index is 1220. The van der Waals surface area contributed by atoms with E-state index >= 15 is 0 Å². The number of nitro benzene ring substituents is 1. The third-order valence-corrected chi connectivity index (χ3v) is 5.67. The largest absolute Gasteiger partial charge is 0.450 e. The highest BCUT2D eigenvalue weighted by atomic mass is 35.5. The van der Waals surface area contributed by atoms with Gasteiger partial charge >= 0.3 is 5.69 Å². The summed E-state index contributed by atoms with van der Waals surface area (Å²) in [7, 11) is 0. The Hall–Kier alpha value is -3.91. The molecule has 2 amide bonds. The molecule has 8 nitrogen and oxygen atoms in total. The topological polar surface area (TPSA) is 111 Å². The molecule has 0 radical (unpaired) electrons. The van der Waals surface area contributed by atoms with Crippen molar-refractivity contribution in [1.29, 1.82) is 0 Å². The van der Waals surface area contributed by atoms with Crippen LogP contribution in [0.1, 0.15) is 41.7 Å². The summed E-state index contributed by atoms with van der Waals surface area (Å²) < 4.78 is 5.61. The molecule has 2 N–H and O–H groups in total. The summed E-state index contributed by atoms with van der Waals surface area (Å²) >= 11 is 5.83. The maximum Gasteiger partial charge on any atom is 0.313 e. The number of hydrogen-bond acceptors (Lipinski definition) is 5. The van der Waals surface area contributed by atoms with Crippen molar-refractivity contribution >= 4 is 34.8 Å². The maximum absolute atomic E-state index is 12.7. The minimum atomic E-state index is -0.571. The quantitative estimate of drug-likeness (QED) is 0.309.